The normalized spacial score (nSPS) is 15.5. The molecule has 6 heteroatoms. The molecule has 1 fully saturated rings. The predicted molar refractivity (Wildman–Crippen MR) is 89.1 cm³/mol. The van der Waals surface area contributed by atoms with E-state index in [1.54, 1.807) is 11.3 Å². The van der Waals surface area contributed by atoms with E-state index in [2.05, 4.69) is 16.7 Å². The fourth-order valence-corrected chi connectivity index (χ4v) is 3.27. The molecule has 2 rings (SSSR count). The number of hydrogen-bond donors (Lipinski definition) is 2. The topological polar surface area (TPSA) is 61.4 Å². The summed E-state index contributed by atoms with van der Waals surface area (Å²) in [4.78, 5) is 26.7. The second-order valence-corrected chi connectivity index (χ2v) is 6.59. The number of urea groups is 1. The Kier molecular flexibility index (Phi) is 7.22. The fourth-order valence-electron chi connectivity index (χ4n) is 2.56. The van der Waals surface area contributed by atoms with Gasteiger partial charge < -0.3 is 15.5 Å². The summed E-state index contributed by atoms with van der Waals surface area (Å²) in [6, 6.07) is 3.96. The Morgan fingerprint density at radius 2 is 2.09 bits per heavy atom. The second kappa shape index (κ2) is 9.46. The maximum absolute atomic E-state index is 11.8. The molecule has 0 radical (unpaired) electrons. The first-order valence-corrected chi connectivity index (χ1v) is 8.95. The fraction of sp³-hybridized carbons (Fsp3) is 0.625. The van der Waals surface area contributed by atoms with Gasteiger partial charge in [0, 0.05) is 37.5 Å². The molecule has 1 aliphatic heterocycles. The molecule has 1 aliphatic rings. The number of thiophene rings is 1. The number of carbonyl (C=O) groups excluding carboxylic acids is 2. The lowest BCUT2D eigenvalue weighted by Crippen LogP contribution is -2.38. The molecule has 22 heavy (non-hydrogen) atoms. The van der Waals surface area contributed by atoms with E-state index >= 15 is 0 Å². The van der Waals surface area contributed by atoms with Gasteiger partial charge >= 0.3 is 6.03 Å². The molecule has 2 heterocycles. The van der Waals surface area contributed by atoms with Gasteiger partial charge in [0.15, 0.2) is 0 Å². The summed E-state index contributed by atoms with van der Waals surface area (Å²) in [6.07, 6.45) is 5.61. The van der Waals surface area contributed by atoms with Crippen LogP contribution in [0.1, 0.15) is 37.0 Å². The molecule has 1 aromatic heterocycles. The summed E-state index contributed by atoms with van der Waals surface area (Å²) in [6.45, 7) is 2.87. The third-order valence-corrected chi connectivity index (χ3v) is 4.73. The van der Waals surface area contributed by atoms with Gasteiger partial charge in [-0.05, 0) is 37.1 Å². The lowest BCUT2D eigenvalue weighted by Gasteiger charge is -2.20. The van der Waals surface area contributed by atoms with Crippen LogP contribution in [0.2, 0.25) is 0 Å². The van der Waals surface area contributed by atoms with E-state index in [1.165, 1.54) is 4.88 Å². The Hall–Kier alpha value is -1.56. The third kappa shape index (κ3) is 6.05. The predicted octanol–water partition coefficient (Wildman–Crippen LogP) is 2.38. The Morgan fingerprint density at radius 1 is 1.23 bits per heavy atom. The van der Waals surface area contributed by atoms with Crippen LogP contribution in [0, 0.1) is 0 Å². The first-order valence-electron chi connectivity index (χ1n) is 8.07. The lowest BCUT2D eigenvalue weighted by molar-refractivity contribution is -0.130. The molecule has 3 amide bonds. The maximum atomic E-state index is 11.8. The lowest BCUT2D eigenvalue weighted by atomic mass is 10.2. The highest BCUT2D eigenvalue weighted by Gasteiger charge is 2.15. The van der Waals surface area contributed by atoms with Crippen molar-refractivity contribution in [1.82, 2.24) is 15.5 Å². The van der Waals surface area contributed by atoms with Gasteiger partial charge in [0.1, 0.15) is 0 Å². The first kappa shape index (κ1) is 16.8. The van der Waals surface area contributed by atoms with Crippen LogP contribution in [0.5, 0.6) is 0 Å². The Balaban J connectivity index is 1.52. The number of carbonyl (C=O) groups is 2. The van der Waals surface area contributed by atoms with Crippen molar-refractivity contribution in [2.75, 3.05) is 26.2 Å². The minimum atomic E-state index is -0.126. The number of likely N-dealkylation sites (tertiary alicyclic amines) is 1. The van der Waals surface area contributed by atoms with Crippen LogP contribution in [0.3, 0.4) is 0 Å². The van der Waals surface area contributed by atoms with Crippen molar-refractivity contribution in [1.29, 1.82) is 0 Å². The van der Waals surface area contributed by atoms with Crippen LogP contribution >= 0.6 is 11.3 Å². The van der Waals surface area contributed by atoms with Gasteiger partial charge in [-0.1, -0.05) is 12.5 Å². The van der Waals surface area contributed by atoms with E-state index in [0.29, 0.717) is 19.5 Å². The number of amides is 3. The summed E-state index contributed by atoms with van der Waals surface area (Å²) in [5.74, 6) is 0.262. The molecule has 0 saturated carbocycles. The molecule has 0 spiro atoms. The quantitative estimate of drug-likeness (QED) is 0.757. The van der Waals surface area contributed by atoms with Crippen molar-refractivity contribution < 1.29 is 9.59 Å². The molecule has 0 atom stereocenters. The SMILES string of the molecule is O=C(NCCCN1CCCCCC1=O)NCCc1cccs1. The molecular formula is C16H25N3O2S. The molecular weight excluding hydrogens is 298 g/mol. The highest BCUT2D eigenvalue weighted by Crippen LogP contribution is 2.11. The van der Waals surface area contributed by atoms with Crippen LogP contribution in [0.15, 0.2) is 17.5 Å². The second-order valence-electron chi connectivity index (χ2n) is 5.56. The molecule has 0 aromatic carbocycles. The zero-order chi connectivity index (χ0) is 15.6. The summed E-state index contributed by atoms with van der Waals surface area (Å²) in [7, 11) is 0. The molecule has 1 aromatic rings. The number of nitrogens with one attached hydrogen (secondary N) is 2. The van der Waals surface area contributed by atoms with E-state index < -0.39 is 0 Å². The summed E-state index contributed by atoms with van der Waals surface area (Å²) in [5.41, 5.74) is 0. The van der Waals surface area contributed by atoms with E-state index in [4.69, 9.17) is 0 Å². The smallest absolute Gasteiger partial charge is 0.314 e. The van der Waals surface area contributed by atoms with Crippen molar-refractivity contribution >= 4 is 23.3 Å². The number of nitrogens with zero attached hydrogens (tertiary/aromatic N) is 1. The zero-order valence-electron chi connectivity index (χ0n) is 13.0. The van der Waals surface area contributed by atoms with Gasteiger partial charge in [-0.15, -0.1) is 11.3 Å². The Bertz CT molecular complexity index is 462. The number of rotatable bonds is 7. The van der Waals surface area contributed by atoms with E-state index in [-0.39, 0.29) is 11.9 Å². The van der Waals surface area contributed by atoms with Crippen LogP contribution in [-0.4, -0.2) is 43.0 Å². The molecule has 1 saturated heterocycles. The Labute approximate surface area is 136 Å². The first-order chi connectivity index (χ1) is 10.8. The van der Waals surface area contributed by atoms with Crippen molar-refractivity contribution in [2.45, 2.75) is 38.5 Å². The number of hydrogen-bond acceptors (Lipinski definition) is 3. The average molecular weight is 323 g/mol. The summed E-state index contributed by atoms with van der Waals surface area (Å²) in [5, 5.41) is 7.74. The molecule has 0 bridgehead atoms. The van der Waals surface area contributed by atoms with Gasteiger partial charge in [0.25, 0.3) is 0 Å². The van der Waals surface area contributed by atoms with E-state index in [0.717, 1.165) is 45.2 Å². The standard InChI is InChI=1S/C16H25N3O2S/c20-15-7-2-1-3-11-19(15)12-5-9-17-16(21)18-10-8-14-6-4-13-22-14/h4,6,13H,1-3,5,7-12H2,(H2,17,18,21). The third-order valence-electron chi connectivity index (χ3n) is 3.80. The van der Waals surface area contributed by atoms with Crippen LogP contribution < -0.4 is 10.6 Å². The van der Waals surface area contributed by atoms with Crippen molar-refractivity contribution in [3.63, 3.8) is 0 Å². The van der Waals surface area contributed by atoms with Crippen molar-refractivity contribution in [2.24, 2.45) is 0 Å². The van der Waals surface area contributed by atoms with Crippen LogP contribution in [0.25, 0.3) is 0 Å². The zero-order valence-corrected chi connectivity index (χ0v) is 13.8. The summed E-state index contributed by atoms with van der Waals surface area (Å²) < 4.78 is 0. The molecule has 0 unspecified atom stereocenters. The van der Waals surface area contributed by atoms with Crippen LogP contribution in [0.4, 0.5) is 4.79 Å². The van der Waals surface area contributed by atoms with Gasteiger partial charge in [0.2, 0.25) is 5.91 Å². The average Bonchev–Trinajstić information content (AvgIpc) is 2.94. The van der Waals surface area contributed by atoms with Crippen molar-refractivity contribution in [3.8, 4) is 0 Å². The largest absolute Gasteiger partial charge is 0.343 e. The van der Waals surface area contributed by atoms with Gasteiger partial charge in [0.05, 0.1) is 0 Å². The highest BCUT2D eigenvalue weighted by atomic mass is 32.1. The van der Waals surface area contributed by atoms with Crippen LogP contribution in [-0.2, 0) is 11.2 Å². The van der Waals surface area contributed by atoms with E-state index in [9.17, 15) is 9.59 Å². The van der Waals surface area contributed by atoms with Gasteiger partial charge in [-0.25, -0.2) is 4.79 Å². The van der Waals surface area contributed by atoms with Gasteiger partial charge in [-0.3, -0.25) is 4.79 Å². The van der Waals surface area contributed by atoms with E-state index in [1.807, 2.05) is 16.3 Å². The molecule has 5 nitrogen and oxygen atoms in total. The van der Waals surface area contributed by atoms with Gasteiger partial charge in [-0.2, -0.15) is 0 Å². The maximum Gasteiger partial charge on any atom is 0.314 e. The summed E-state index contributed by atoms with van der Waals surface area (Å²) >= 11 is 1.70. The molecule has 2 N–H and O–H groups in total. The minimum absolute atomic E-state index is 0.126. The minimum Gasteiger partial charge on any atom is -0.343 e. The molecule has 0 aliphatic carbocycles. The molecule has 122 valence electrons. The monoisotopic (exact) mass is 323 g/mol. The highest BCUT2D eigenvalue weighted by molar-refractivity contribution is 7.09. The van der Waals surface area contributed by atoms with Crippen molar-refractivity contribution in [3.05, 3.63) is 22.4 Å². The Morgan fingerprint density at radius 3 is 2.91 bits per heavy atom.